The fourth-order valence-electron chi connectivity index (χ4n) is 4.51. The number of benzene rings is 3. The van der Waals surface area contributed by atoms with Crippen molar-refractivity contribution in [1.29, 1.82) is 0 Å². The molecule has 0 fully saturated rings. The second-order valence-corrected chi connectivity index (χ2v) is 10.3. The van der Waals surface area contributed by atoms with E-state index in [1.807, 2.05) is 91.9 Å². The van der Waals surface area contributed by atoms with Crippen LogP contribution in [0.4, 0.5) is 0 Å². The monoisotopic (exact) mass is 554 g/mol. The Hall–Kier alpha value is -4.43. The Morgan fingerprint density at radius 2 is 1.55 bits per heavy atom. The minimum atomic E-state index is -0.614. The number of ether oxygens (including phenoxy) is 3. The van der Waals surface area contributed by atoms with Crippen LogP contribution in [0.2, 0.25) is 0 Å². The first-order valence-corrected chi connectivity index (χ1v) is 13.9. The van der Waals surface area contributed by atoms with Gasteiger partial charge >= 0.3 is 5.97 Å². The van der Waals surface area contributed by atoms with Crippen LogP contribution in [-0.4, -0.2) is 30.4 Å². The van der Waals surface area contributed by atoms with Gasteiger partial charge in [0, 0.05) is 0 Å². The fraction of sp³-hybridized carbons (Fsp3) is 0.219. The molecule has 0 bridgehead atoms. The average Bonchev–Trinajstić information content (AvgIpc) is 3.26. The highest BCUT2D eigenvalue weighted by molar-refractivity contribution is 7.07. The Morgan fingerprint density at radius 1 is 0.925 bits per heavy atom. The molecular weight excluding hydrogens is 524 g/mol. The summed E-state index contributed by atoms with van der Waals surface area (Å²) in [6, 6.07) is 24.3. The molecule has 40 heavy (non-hydrogen) atoms. The quantitative estimate of drug-likeness (QED) is 0.224. The maximum Gasteiger partial charge on any atom is 0.338 e. The lowest BCUT2D eigenvalue weighted by Gasteiger charge is -2.24. The molecule has 0 saturated carbocycles. The molecular formula is C32H30N2O5S. The van der Waals surface area contributed by atoms with Crippen molar-refractivity contribution in [3.05, 3.63) is 127 Å². The van der Waals surface area contributed by atoms with E-state index in [1.54, 1.807) is 18.4 Å². The Labute approximate surface area is 236 Å². The molecule has 0 amide bonds. The summed E-state index contributed by atoms with van der Waals surface area (Å²) in [5.74, 6) is 1.06. The number of carbonyl (C=O) groups excluding carboxylic acids is 1. The summed E-state index contributed by atoms with van der Waals surface area (Å²) in [5.41, 5.74) is 3.57. The maximum atomic E-state index is 13.7. The van der Waals surface area contributed by atoms with Gasteiger partial charge in [0.1, 0.15) is 24.7 Å². The minimum Gasteiger partial charge on any atom is -0.490 e. The van der Waals surface area contributed by atoms with Crippen molar-refractivity contribution in [1.82, 2.24) is 4.57 Å². The van der Waals surface area contributed by atoms with E-state index < -0.39 is 12.0 Å². The van der Waals surface area contributed by atoms with E-state index in [1.165, 1.54) is 16.9 Å². The topological polar surface area (TPSA) is 79.1 Å². The summed E-state index contributed by atoms with van der Waals surface area (Å²) in [7, 11) is 0. The highest BCUT2D eigenvalue weighted by Gasteiger charge is 2.33. The van der Waals surface area contributed by atoms with E-state index in [9.17, 15) is 9.59 Å². The smallest absolute Gasteiger partial charge is 0.338 e. The van der Waals surface area contributed by atoms with E-state index >= 15 is 0 Å². The van der Waals surface area contributed by atoms with Crippen LogP contribution in [-0.2, 0) is 9.53 Å². The number of aryl methyl sites for hydroxylation is 1. The van der Waals surface area contributed by atoms with E-state index in [2.05, 4.69) is 4.99 Å². The summed E-state index contributed by atoms with van der Waals surface area (Å²) in [4.78, 5) is 31.8. The summed E-state index contributed by atoms with van der Waals surface area (Å²) in [6.07, 6.45) is 1.83. The number of esters is 1. The zero-order chi connectivity index (χ0) is 28.1. The second-order valence-electron chi connectivity index (χ2n) is 9.29. The first-order chi connectivity index (χ1) is 19.4. The first kappa shape index (κ1) is 27.1. The van der Waals surface area contributed by atoms with Gasteiger partial charge in [-0.15, -0.1) is 0 Å². The van der Waals surface area contributed by atoms with Gasteiger partial charge < -0.3 is 14.2 Å². The van der Waals surface area contributed by atoms with Crippen molar-refractivity contribution >= 4 is 23.4 Å². The molecule has 5 rings (SSSR count). The van der Waals surface area contributed by atoms with Crippen molar-refractivity contribution in [3.63, 3.8) is 0 Å². The molecule has 0 N–H and O–H groups in total. The number of nitrogens with zero attached hydrogens (tertiary/aromatic N) is 2. The Bertz CT molecular complexity index is 1700. The van der Waals surface area contributed by atoms with E-state index in [4.69, 9.17) is 14.2 Å². The first-order valence-electron chi connectivity index (χ1n) is 13.1. The number of aromatic nitrogens is 1. The molecule has 204 valence electrons. The van der Waals surface area contributed by atoms with Gasteiger partial charge in [-0.2, -0.15) is 0 Å². The number of thiazole rings is 1. The fourth-order valence-corrected chi connectivity index (χ4v) is 5.55. The highest BCUT2D eigenvalue weighted by Crippen LogP contribution is 2.30. The molecule has 0 aliphatic carbocycles. The Kier molecular flexibility index (Phi) is 8.26. The molecule has 0 radical (unpaired) electrons. The van der Waals surface area contributed by atoms with Gasteiger partial charge in [0.25, 0.3) is 5.56 Å². The molecule has 1 atom stereocenters. The maximum absolute atomic E-state index is 13.7. The molecule has 0 unspecified atom stereocenters. The number of carbonyl (C=O) groups is 1. The lowest BCUT2D eigenvalue weighted by Crippen LogP contribution is -2.39. The van der Waals surface area contributed by atoms with Crippen LogP contribution in [0.15, 0.2) is 99.9 Å². The molecule has 1 aliphatic heterocycles. The molecule has 0 spiro atoms. The Balaban J connectivity index is 1.37. The number of hydrogen-bond donors (Lipinski definition) is 0. The van der Waals surface area contributed by atoms with Crippen molar-refractivity contribution in [2.24, 2.45) is 4.99 Å². The summed E-state index contributed by atoms with van der Waals surface area (Å²) < 4.78 is 19.0. The van der Waals surface area contributed by atoms with Gasteiger partial charge in [0.05, 0.1) is 28.5 Å². The number of allylic oxidation sites excluding steroid dienone is 1. The van der Waals surface area contributed by atoms with Gasteiger partial charge in [-0.1, -0.05) is 71.5 Å². The minimum absolute atomic E-state index is 0.208. The summed E-state index contributed by atoms with van der Waals surface area (Å²) in [5, 5.41) is 0. The predicted molar refractivity (Wildman–Crippen MR) is 155 cm³/mol. The van der Waals surface area contributed by atoms with Crippen molar-refractivity contribution in [3.8, 4) is 11.5 Å². The molecule has 2 heterocycles. The van der Waals surface area contributed by atoms with Gasteiger partial charge in [0.15, 0.2) is 4.80 Å². The molecule has 7 nitrogen and oxygen atoms in total. The zero-order valence-electron chi connectivity index (χ0n) is 22.6. The van der Waals surface area contributed by atoms with Crippen LogP contribution in [0.5, 0.6) is 11.5 Å². The van der Waals surface area contributed by atoms with Crippen LogP contribution >= 0.6 is 11.3 Å². The predicted octanol–water partition coefficient (Wildman–Crippen LogP) is 4.56. The van der Waals surface area contributed by atoms with E-state index in [0.717, 1.165) is 16.9 Å². The molecule has 1 aliphatic rings. The van der Waals surface area contributed by atoms with Crippen LogP contribution < -0.4 is 24.4 Å². The SMILES string of the molecule is CCOC(=O)C1=C(C)N=c2sc(=Cc3ccc(OCCOc4ccc(C)cc4)cc3)c(=O)n2[C@@H]1c1ccccc1. The van der Waals surface area contributed by atoms with Gasteiger partial charge in [-0.05, 0) is 62.2 Å². The number of hydrogen-bond acceptors (Lipinski definition) is 7. The number of fused-ring (bicyclic) bond motifs is 1. The molecule has 0 saturated heterocycles. The molecule has 4 aromatic rings. The third kappa shape index (κ3) is 5.92. The van der Waals surface area contributed by atoms with E-state index in [-0.39, 0.29) is 12.2 Å². The van der Waals surface area contributed by atoms with Gasteiger partial charge in [-0.3, -0.25) is 9.36 Å². The third-order valence-electron chi connectivity index (χ3n) is 6.45. The van der Waals surface area contributed by atoms with Gasteiger partial charge in [-0.25, -0.2) is 9.79 Å². The van der Waals surface area contributed by atoms with E-state index in [0.29, 0.717) is 39.6 Å². The second kappa shape index (κ2) is 12.2. The van der Waals surface area contributed by atoms with Gasteiger partial charge in [0.2, 0.25) is 0 Å². The van der Waals surface area contributed by atoms with Crippen LogP contribution in [0.1, 0.15) is 36.6 Å². The molecule has 1 aromatic heterocycles. The molecule has 3 aromatic carbocycles. The zero-order valence-corrected chi connectivity index (χ0v) is 23.4. The summed E-state index contributed by atoms with van der Waals surface area (Å²) in [6.45, 7) is 6.66. The lowest BCUT2D eigenvalue weighted by molar-refractivity contribution is -0.139. The molecule has 8 heteroatoms. The lowest BCUT2D eigenvalue weighted by atomic mass is 9.96. The van der Waals surface area contributed by atoms with Crippen molar-refractivity contribution < 1.29 is 19.0 Å². The largest absolute Gasteiger partial charge is 0.490 e. The third-order valence-corrected chi connectivity index (χ3v) is 7.43. The highest BCUT2D eigenvalue weighted by atomic mass is 32.1. The standard InChI is InChI=1S/C32H30N2O5S/c1-4-37-31(36)28-22(3)33-32-34(29(28)24-8-6-5-7-9-24)30(35)27(40-32)20-23-12-16-26(17-13-23)39-19-18-38-25-14-10-21(2)11-15-25/h5-17,20,29H,4,18-19H2,1-3H3/t29-/m1/s1. The van der Waals surface area contributed by atoms with Crippen molar-refractivity contribution in [2.45, 2.75) is 26.8 Å². The Morgan fingerprint density at radius 3 is 2.17 bits per heavy atom. The van der Waals surface area contributed by atoms with Crippen LogP contribution in [0.25, 0.3) is 6.08 Å². The number of rotatable bonds is 9. The normalized spacial score (nSPS) is 14.9. The van der Waals surface area contributed by atoms with Crippen molar-refractivity contribution in [2.75, 3.05) is 19.8 Å². The average molecular weight is 555 g/mol. The van der Waals surface area contributed by atoms with Crippen LogP contribution in [0.3, 0.4) is 0 Å². The van der Waals surface area contributed by atoms with Crippen LogP contribution in [0, 0.1) is 6.92 Å². The summed E-state index contributed by atoms with van der Waals surface area (Å²) >= 11 is 1.30.